The van der Waals surface area contributed by atoms with Crippen molar-refractivity contribution >= 4 is 28.5 Å². The van der Waals surface area contributed by atoms with Crippen molar-refractivity contribution in [1.29, 1.82) is 0 Å². The van der Waals surface area contributed by atoms with Gasteiger partial charge in [0.1, 0.15) is 18.1 Å². The van der Waals surface area contributed by atoms with Gasteiger partial charge in [0.15, 0.2) is 22.5 Å². The second kappa shape index (κ2) is 10.5. The van der Waals surface area contributed by atoms with E-state index in [-0.39, 0.29) is 69.3 Å². The SMILES string of the molecule is COc1cc(OCCOC2CC(C(=O)O)C2)c(-c2cc(=O)c3cccc(Cl)c3o2)cc1OC(F)F. The highest BCUT2D eigenvalue weighted by molar-refractivity contribution is 6.34. The van der Waals surface area contributed by atoms with Crippen molar-refractivity contribution in [2.75, 3.05) is 20.3 Å². The van der Waals surface area contributed by atoms with Crippen LogP contribution in [0.5, 0.6) is 17.2 Å². The van der Waals surface area contributed by atoms with Gasteiger partial charge in [0, 0.05) is 12.1 Å². The maximum absolute atomic E-state index is 13.0. The van der Waals surface area contributed by atoms with Crippen LogP contribution in [0.3, 0.4) is 0 Å². The molecular formula is C24H21ClF2O8. The molecule has 8 nitrogen and oxygen atoms in total. The molecule has 1 aliphatic carbocycles. The van der Waals surface area contributed by atoms with Crippen LogP contribution in [0.1, 0.15) is 12.8 Å². The number of hydrogen-bond acceptors (Lipinski definition) is 7. The highest BCUT2D eigenvalue weighted by Gasteiger charge is 2.35. The van der Waals surface area contributed by atoms with Crippen molar-refractivity contribution in [2.45, 2.75) is 25.6 Å². The van der Waals surface area contributed by atoms with E-state index in [0.717, 1.165) is 0 Å². The zero-order valence-corrected chi connectivity index (χ0v) is 19.2. The van der Waals surface area contributed by atoms with Gasteiger partial charge in [-0.2, -0.15) is 8.78 Å². The molecule has 2 aromatic carbocycles. The third kappa shape index (κ3) is 5.49. The lowest BCUT2D eigenvalue weighted by Crippen LogP contribution is -2.37. The second-order valence-corrected chi connectivity index (χ2v) is 8.22. The van der Waals surface area contributed by atoms with Gasteiger partial charge < -0.3 is 28.5 Å². The van der Waals surface area contributed by atoms with E-state index >= 15 is 0 Å². The average molecular weight is 511 g/mol. The minimum absolute atomic E-state index is 0.0190. The van der Waals surface area contributed by atoms with E-state index in [0.29, 0.717) is 12.8 Å². The Kier molecular flexibility index (Phi) is 7.42. The number of carbonyl (C=O) groups is 1. The zero-order chi connectivity index (χ0) is 25.1. The first-order valence-electron chi connectivity index (χ1n) is 10.6. The Balaban J connectivity index is 1.63. The molecule has 3 aromatic rings. The molecule has 0 aliphatic heterocycles. The summed E-state index contributed by atoms with van der Waals surface area (Å²) in [7, 11) is 1.28. The maximum Gasteiger partial charge on any atom is 0.387 e. The number of methoxy groups -OCH3 is 1. The lowest BCUT2D eigenvalue weighted by atomic mass is 9.82. The van der Waals surface area contributed by atoms with Crippen molar-refractivity contribution in [3.63, 3.8) is 0 Å². The first kappa shape index (κ1) is 24.7. The zero-order valence-electron chi connectivity index (χ0n) is 18.5. The van der Waals surface area contributed by atoms with Crippen molar-refractivity contribution in [2.24, 2.45) is 5.92 Å². The number of alkyl halides is 2. The Morgan fingerprint density at radius 2 is 1.94 bits per heavy atom. The molecule has 186 valence electrons. The number of aliphatic carboxylic acids is 1. The molecule has 0 atom stereocenters. The van der Waals surface area contributed by atoms with E-state index in [2.05, 4.69) is 4.74 Å². The predicted octanol–water partition coefficient (Wildman–Crippen LogP) is 4.98. The number of fused-ring (bicyclic) bond motifs is 1. The molecule has 11 heteroatoms. The Morgan fingerprint density at radius 3 is 2.63 bits per heavy atom. The van der Waals surface area contributed by atoms with Crippen LogP contribution >= 0.6 is 11.6 Å². The number of hydrogen-bond donors (Lipinski definition) is 1. The molecular weight excluding hydrogens is 490 g/mol. The van der Waals surface area contributed by atoms with Crippen LogP contribution < -0.4 is 19.6 Å². The summed E-state index contributed by atoms with van der Waals surface area (Å²) >= 11 is 6.20. The fourth-order valence-corrected chi connectivity index (χ4v) is 3.96. The smallest absolute Gasteiger partial charge is 0.387 e. The molecule has 35 heavy (non-hydrogen) atoms. The van der Waals surface area contributed by atoms with Gasteiger partial charge in [0.25, 0.3) is 0 Å². The summed E-state index contributed by atoms with van der Waals surface area (Å²) in [5.74, 6) is -1.36. The van der Waals surface area contributed by atoms with Crippen LogP contribution in [0.4, 0.5) is 8.78 Å². The largest absolute Gasteiger partial charge is 0.493 e. The molecule has 0 unspecified atom stereocenters. The number of para-hydroxylation sites is 1. The monoisotopic (exact) mass is 510 g/mol. The standard InChI is InChI=1S/C24H21ClF2O8/c1-31-20-11-18(33-6-5-32-13-7-12(8-13)23(29)30)15(9-21(20)35-24(26)27)19-10-17(28)14-3-2-4-16(25)22(14)34-19/h2-4,9-13,24H,5-8H2,1H3,(H,29,30). The van der Waals surface area contributed by atoms with Crippen LogP contribution in [0.25, 0.3) is 22.3 Å². The predicted molar refractivity (Wildman–Crippen MR) is 122 cm³/mol. The Bertz CT molecular complexity index is 1290. The number of carboxylic acid groups (broad SMARTS) is 1. The third-order valence-electron chi connectivity index (χ3n) is 5.59. The maximum atomic E-state index is 13.0. The topological polar surface area (TPSA) is 104 Å². The summed E-state index contributed by atoms with van der Waals surface area (Å²) in [6, 6.07) is 8.49. The van der Waals surface area contributed by atoms with Crippen molar-refractivity contribution in [3.05, 3.63) is 51.6 Å². The van der Waals surface area contributed by atoms with Crippen molar-refractivity contribution in [1.82, 2.24) is 0 Å². The number of carboxylic acids is 1. The highest BCUT2D eigenvalue weighted by Crippen LogP contribution is 2.41. The summed E-state index contributed by atoms with van der Waals surface area (Å²) in [4.78, 5) is 23.6. The third-order valence-corrected chi connectivity index (χ3v) is 5.89. The number of ether oxygens (including phenoxy) is 4. The highest BCUT2D eigenvalue weighted by atomic mass is 35.5. The van der Waals surface area contributed by atoms with Crippen LogP contribution in [0.15, 0.2) is 45.6 Å². The quantitative estimate of drug-likeness (QED) is 0.381. The van der Waals surface area contributed by atoms with E-state index in [1.54, 1.807) is 18.2 Å². The number of benzene rings is 2. The van der Waals surface area contributed by atoms with Gasteiger partial charge in [-0.25, -0.2) is 0 Å². The van der Waals surface area contributed by atoms with E-state index < -0.39 is 18.5 Å². The van der Waals surface area contributed by atoms with Crippen molar-refractivity contribution in [3.8, 4) is 28.6 Å². The Morgan fingerprint density at radius 1 is 1.17 bits per heavy atom. The van der Waals surface area contributed by atoms with Gasteiger partial charge >= 0.3 is 12.6 Å². The van der Waals surface area contributed by atoms with E-state index in [4.69, 9.17) is 35.3 Å². The molecule has 1 heterocycles. The van der Waals surface area contributed by atoms with Crippen LogP contribution in [-0.4, -0.2) is 44.1 Å². The molecule has 1 aliphatic rings. The molecule has 4 rings (SSSR count). The minimum atomic E-state index is -3.12. The molecule has 0 amide bonds. The Labute approximate surface area is 202 Å². The molecule has 0 spiro atoms. The van der Waals surface area contributed by atoms with Gasteiger partial charge in [-0.3, -0.25) is 9.59 Å². The summed E-state index contributed by atoms with van der Waals surface area (Å²) in [6.07, 6.45) is 0.685. The van der Waals surface area contributed by atoms with Crippen molar-refractivity contribution < 1.29 is 42.0 Å². The molecule has 0 radical (unpaired) electrons. The van der Waals surface area contributed by atoms with Gasteiger partial charge in [-0.05, 0) is 31.0 Å². The lowest BCUT2D eigenvalue weighted by Gasteiger charge is -2.32. The summed E-state index contributed by atoms with van der Waals surface area (Å²) < 4.78 is 53.0. The molecule has 0 bridgehead atoms. The summed E-state index contributed by atoms with van der Waals surface area (Å²) in [5, 5.41) is 9.41. The van der Waals surface area contributed by atoms with Gasteiger partial charge in [0.05, 0.1) is 41.7 Å². The number of rotatable bonds is 10. The van der Waals surface area contributed by atoms with E-state index in [1.807, 2.05) is 0 Å². The van der Waals surface area contributed by atoms with Gasteiger partial charge in [-0.1, -0.05) is 17.7 Å². The molecule has 1 fully saturated rings. The molecule has 1 N–H and O–H groups in total. The van der Waals surface area contributed by atoms with Crippen LogP contribution in [0.2, 0.25) is 5.02 Å². The summed E-state index contributed by atoms with van der Waals surface area (Å²) in [6.45, 7) is -2.91. The molecule has 1 aromatic heterocycles. The molecule has 1 saturated carbocycles. The van der Waals surface area contributed by atoms with Crippen LogP contribution in [-0.2, 0) is 9.53 Å². The lowest BCUT2D eigenvalue weighted by molar-refractivity contribution is -0.151. The van der Waals surface area contributed by atoms with E-state index in [1.165, 1.54) is 25.3 Å². The normalized spacial score (nSPS) is 17.3. The van der Waals surface area contributed by atoms with Gasteiger partial charge in [-0.15, -0.1) is 0 Å². The Hall–Kier alpha value is -3.37. The minimum Gasteiger partial charge on any atom is -0.493 e. The second-order valence-electron chi connectivity index (χ2n) is 7.82. The number of halogens is 3. The first-order valence-corrected chi connectivity index (χ1v) is 11.0. The fraction of sp³-hybridized carbons (Fsp3) is 0.333. The first-order chi connectivity index (χ1) is 16.8. The summed E-state index contributed by atoms with van der Waals surface area (Å²) in [5.41, 5.74) is -0.0887. The van der Waals surface area contributed by atoms with Gasteiger partial charge in [0.2, 0.25) is 0 Å². The average Bonchev–Trinajstić information content (AvgIpc) is 2.78. The fourth-order valence-electron chi connectivity index (χ4n) is 3.75. The van der Waals surface area contributed by atoms with E-state index in [9.17, 15) is 18.4 Å². The molecule has 0 saturated heterocycles. The van der Waals surface area contributed by atoms with Crippen LogP contribution in [0, 0.1) is 5.92 Å².